The normalized spacial score (nSPS) is 18.0. The molecule has 36 heavy (non-hydrogen) atoms. The number of ether oxygens (including phenoxy) is 1. The van der Waals surface area contributed by atoms with Gasteiger partial charge >= 0.3 is 5.97 Å². The van der Waals surface area contributed by atoms with Gasteiger partial charge in [-0.05, 0) is 71.0 Å². The summed E-state index contributed by atoms with van der Waals surface area (Å²) in [7, 11) is 4.45. The molecule has 0 aromatic heterocycles. The Morgan fingerprint density at radius 2 is 1.19 bits per heavy atom. The Labute approximate surface area is 226 Å². The first-order chi connectivity index (χ1) is 17.6. The molecule has 0 amide bonds. The number of carbonyl (C=O) groups excluding carboxylic acids is 1. The van der Waals surface area contributed by atoms with Gasteiger partial charge in [-0.3, -0.25) is 4.79 Å². The Balaban J connectivity index is 1.92. The van der Waals surface area contributed by atoms with E-state index in [9.17, 15) is 4.79 Å². The second-order valence-corrected chi connectivity index (χ2v) is 12.2. The van der Waals surface area contributed by atoms with Crippen LogP contribution in [0, 0.1) is 17.8 Å². The number of hydrogen-bond acceptors (Lipinski definition) is 3. The van der Waals surface area contributed by atoms with Gasteiger partial charge in [0.25, 0.3) is 0 Å². The molecule has 3 nitrogen and oxygen atoms in total. The lowest BCUT2D eigenvalue weighted by atomic mass is 9.91. The lowest BCUT2D eigenvalue weighted by Crippen LogP contribution is -2.17. The molecule has 1 aliphatic rings. The van der Waals surface area contributed by atoms with Crippen LogP contribution in [0.1, 0.15) is 162 Å². The van der Waals surface area contributed by atoms with Crippen LogP contribution in [0.25, 0.3) is 0 Å². The van der Waals surface area contributed by atoms with Crippen molar-refractivity contribution in [2.75, 3.05) is 27.2 Å². The Bertz CT molecular complexity index is 492. The first kappa shape index (κ1) is 33.5. The molecule has 3 atom stereocenters. The van der Waals surface area contributed by atoms with Crippen molar-refractivity contribution < 1.29 is 9.53 Å². The summed E-state index contributed by atoms with van der Waals surface area (Å²) in [5.41, 5.74) is 0. The highest BCUT2D eigenvalue weighted by Crippen LogP contribution is 2.45. The number of rotatable bonds is 27. The highest BCUT2D eigenvalue weighted by Gasteiger charge is 2.35. The average molecular weight is 508 g/mol. The van der Waals surface area contributed by atoms with Gasteiger partial charge in [0.1, 0.15) is 0 Å². The Morgan fingerprint density at radius 3 is 1.72 bits per heavy atom. The average Bonchev–Trinajstić information content (AvgIpc) is 3.60. The van der Waals surface area contributed by atoms with Crippen LogP contribution in [0.5, 0.6) is 0 Å². The van der Waals surface area contributed by atoms with Crippen molar-refractivity contribution in [2.24, 2.45) is 17.8 Å². The number of hydrogen-bond donors (Lipinski definition) is 0. The smallest absolute Gasteiger partial charge is 0.305 e. The highest BCUT2D eigenvalue weighted by molar-refractivity contribution is 5.69. The van der Waals surface area contributed by atoms with Gasteiger partial charge in [0.2, 0.25) is 0 Å². The van der Waals surface area contributed by atoms with E-state index in [1.807, 2.05) is 6.92 Å². The van der Waals surface area contributed by atoms with Gasteiger partial charge in [-0.2, -0.15) is 0 Å². The Kier molecular flexibility index (Phi) is 21.9. The molecule has 0 aromatic rings. The second kappa shape index (κ2) is 23.5. The van der Waals surface area contributed by atoms with Gasteiger partial charge in [-0.15, -0.1) is 0 Å². The van der Waals surface area contributed by atoms with E-state index in [1.165, 1.54) is 141 Å². The number of nitrogens with zero attached hydrogens (tertiary/aromatic N) is 1. The van der Waals surface area contributed by atoms with Gasteiger partial charge < -0.3 is 9.64 Å². The second-order valence-electron chi connectivity index (χ2n) is 12.2. The van der Waals surface area contributed by atoms with Gasteiger partial charge in [0, 0.05) is 6.42 Å². The molecular weight excluding hydrogens is 442 g/mol. The largest absolute Gasteiger partial charge is 0.466 e. The molecule has 1 saturated carbocycles. The number of carbonyl (C=O) groups is 1. The maximum Gasteiger partial charge on any atom is 0.305 e. The third-order valence-corrected chi connectivity index (χ3v) is 8.47. The van der Waals surface area contributed by atoms with Gasteiger partial charge in [-0.1, -0.05) is 122 Å². The first-order valence-corrected chi connectivity index (χ1v) is 16.4. The lowest BCUT2D eigenvalue weighted by molar-refractivity contribution is -0.143. The van der Waals surface area contributed by atoms with E-state index in [1.54, 1.807) is 0 Å². The molecule has 0 bridgehead atoms. The highest BCUT2D eigenvalue weighted by atomic mass is 16.5. The van der Waals surface area contributed by atoms with Crippen LogP contribution in [0.15, 0.2) is 0 Å². The van der Waals surface area contributed by atoms with E-state index >= 15 is 0 Å². The quantitative estimate of drug-likeness (QED) is 0.0818. The molecule has 0 N–H and O–H groups in total. The van der Waals surface area contributed by atoms with E-state index in [0.717, 1.165) is 24.2 Å². The van der Waals surface area contributed by atoms with Crippen molar-refractivity contribution >= 4 is 5.97 Å². The van der Waals surface area contributed by atoms with E-state index < -0.39 is 0 Å². The molecule has 0 aliphatic heterocycles. The van der Waals surface area contributed by atoms with E-state index in [0.29, 0.717) is 13.0 Å². The van der Waals surface area contributed by atoms with Crippen LogP contribution in [-0.4, -0.2) is 38.1 Å². The van der Waals surface area contributed by atoms with Crippen LogP contribution in [0.4, 0.5) is 0 Å². The minimum Gasteiger partial charge on any atom is -0.466 e. The minimum absolute atomic E-state index is 0.0117. The zero-order valence-corrected chi connectivity index (χ0v) is 25.2. The van der Waals surface area contributed by atoms with Crippen LogP contribution in [-0.2, 0) is 9.53 Å². The van der Waals surface area contributed by atoms with Crippen molar-refractivity contribution in [3.05, 3.63) is 0 Å². The third kappa shape index (κ3) is 20.5. The molecule has 0 saturated heterocycles. The monoisotopic (exact) mass is 508 g/mol. The fourth-order valence-electron chi connectivity index (χ4n) is 5.92. The van der Waals surface area contributed by atoms with Crippen molar-refractivity contribution in [1.29, 1.82) is 0 Å². The summed E-state index contributed by atoms with van der Waals surface area (Å²) in [4.78, 5) is 13.8. The Hall–Kier alpha value is -0.570. The van der Waals surface area contributed by atoms with Crippen molar-refractivity contribution in [3.8, 4) is 0 Å². The van der Waals surface area contributed by atoms with Crippen LogP contribution < -0.4 is 0 Å². The molecular formula is C33H65NO2. The summed E-state index contributed by atoms with van der Waals surface area (Å²) in [6.07, 6.45) is 31.6. The van der Waals surface area contributed by atoms with Crippen molar-refractivity contribution in [1.82, 2.24) is 4.90 Å². The molecule has 1 fully saturated rings. The molecule has 214 valence electrons. The summed E-state index contributed by atoms with van der Waals surface area (Å²) >= 11 is 0. The summed E-state index contributed by atoms with van der Waals surface area (Å²) in [6.45, 7) is 5.97. The molecule has 3 unspecified atom stereocenters. The molecule has 0 radical (unpaired) electrons. The van der Waals surface area contributed by atoms with Crippen LogP contribution in [0.3, 0.4) is 0 Å². The van der Waals surface area contributed by atoms with E-state index in [-0.39, 0.29) is 5.97 Å². The van der Waals surface area contributed by atoms with Crippen molar-refractivity contribution in [3.63, 3.8) is 0 Å². The standard InChI is InChI=1S/C33H65NO2/c1-5-7-8-9-12-15-18-22-30(27-28-34(3)4)23-19-16-13-10-11-14-17-20-24-31-29-32(31)25-21-26-33(35)36-6-2/h30-32H,5-29H2,1-4H3. The summed E-state index contributed by atoms with van der Waals surface area (Å²) < 4.78 is 5.02. The fraction of sp³-hybridized carbons (Fsp3) is 0.970. The summed E-state index contributed by atoms with van der Waals surface area (Å²) in [5.74, 6) is 2.82. The molecule has 0 heterocycles. The van der Waals surface area contributed by atoms with Crippen LogP contribution >= 0.6 is 0 Å². The maximum absolute atomic E-state index is 11.4. The third-order valence-electron chi connectivity index (χ3n) is 8.47. The molecule has 0 spiro atoms. The predicted molar refractivity (Wildman–Crippen MR) is 158 cm³/mol. The molecule has 1 rings (SSSR count). The molecule has 3 heteroatoms. The first-order valence-electron chi connectivity index (χ1n) is 16.4. The zero-order valence-electron chi connectivity index (χ0n) is 25.2. The number of unbranched alkanes of at least 4 members (excludes halogenated alkanes) is 13. The van der Waals surface area contributed by atoms with Gasteiger partial charge in [0.15, 0.2) is 0 Å². The predicted octanol–water partition coefficient (Wildman–Crippen LogP) is 9.97. The molecule has 1 aliphatic carbocycles. The SMILES string of the molecule is CCCCCCCCCC(CCCCCCCCCCC1CC1CCCC(=O)OCC)CCN(C)C. The minimum atomic E-state index is -0.0117. The number of esters is 1. The van der Waals surface area contributed by atoms with Gasteiger partial charge in [0.05, 0.1) is 6.61 Å². The topological polar surface area (TPSA) is 29.5 Å². The molecule has 0 aromatic carbocycles. The van der Waals surface area contributed by atoms with Crippen LogP contribution in [0.2, 0.25) is 0 Å². The zero-order chi connectivity index (χ0) is 26.3. The Morgan fingerprint density at radius 1 is 0.694 bits per heavy atom. The lowest BCUT2D eigenvalue weighted by Gasteiger charge is -2.19. The summed E-state index contributed by atoms with van der Waals surface area (Å²) in [6, 6.07) is 0. The fourth-order valence-corrected chi connectivity index (χ4v) is 5.92. The summed E-state index contributed by atoms with van der Waals surface area (Å²) in [5, 5.41) is 0. The van der Waals surface area contributed by atoms with Gasteiger partial charge in [-0.25, -0.2) is 0 Å². The van der Waals surface area contributed by atoms with Crippen molar-refractivity contribution in [2.45, 2.75) is 162 Å². The maximum atomic E-state index is 11.4. The van der Waals surface area contributed by atoms with E-state index in [4.69, 9.17) is 4.74 Å². The van der Waals surface area contributed by atoms with E-state index in [2.05, 4.69) is 25.9 Å².